The zero-order valence-corrected chi connectivity index (χ0v) is 16.2. The van der Waals surface area contributed by atoms with Gasteiger partial charge in [0.25, 0.3) is 11.5 Å². The molecule has 1 saturated heterocycles. The average Bonchev–Trinajstić information content (AvgIpc) is 2.71. The number of pyridine rings is 1. The number of carbonyl (C=O) groups excluding carboxylic acids is 1. The van der Waals surface area contributed by atoms with Gasteiger partial charge in [-0.1, -0.05) is 19.8 Å². The standard InChI is InChI=1S/C21H28N2O4/c1-3-4-8-13-27-19-17(26-2)10-9-15-14-16(20(24)22-18(15)19)21(25)23-11-6-5-7-12-23/h9-10,14H,3-8,11-13H2,1-2H3,(H,22,24). The molecule has 6 heteroatoms. The third-order valence-electron chi connectivity index (χ3n) is 5.02. The maximum atomic E-state index is 12.8. The van der Waals surface area contributed by atoms with Gasteiger partial charge in [0, 0.05) is 18.5 Å². The molecule has 2 heterocycles. The number of rotatable bonds is 7. The first-order valence-electron chi connectivity index (χ1n) is 9.81. The molecule has 1 fully saturated rings. The minimum atomic E-state index is -0.385. The quantitative estimate of drug-likeness (QED) is 0.752. The molecule has 1 aromatic carbocycles. The number of piperidine rings is 1. The van der Waals surface area contributed by atoms with Gasteiger partial charge in [-0.15, -0.1) is 0 Å². The summed E-state index contributed by atoms with van der Waals surface area (Å²) in [6, 6.07) is 5.32. The highest BCUT2D eigenvalue weighted by Gasteiger charge is 2.22. The maximum Gasteiger partial charge on any atom is 0.261 e. The molecule has 0 saturated carbocycles. The van der Waals surface area contributed by atoms with Crippen molar-refractivity contribution in [3.05, 3.63) is 34.1 Å². The largest absolute Gasteiger partial charge is 0.493 e. The number of hydrogen-bond acceptors (Lipinski definition) is 4. The Balaban J connectivity index is 1.95. The van der Waals surface area contributed by atoms with Crippen molar-refractivity contribution in [2.24, 2.45) is 0 Å². The molecular formula is C21H28N2O4. The molecule has 6 nitrogen and oxygen atoms in total. The number of amides is 1. The summed E-state index contributed by atoms with van der Waals surface area (Å²) < 4.78 is 11.3. The lowest BCUT2D eigenvalue weighted by molar-refractivity contribution is 0.0722. The van der Waals surface area contributed by atoms with E-state index in [0.717, 1.165) is 43.9 Å². The van der Waals surface area contributed by atoms with Gasteiger partial charge in [0.1, 0.15) is 5.56 Å². The van der Waals surface area contributed by atoms with Gasteiger partial charge in [0.05, 0.1) is 19.2 Å². The van der Waals surface area contributed by atoms with Gasteiger partial charge in [0.2, 0.25) is 0 Å². The average molecular weight is 372 g/mol. The number of ether oxygens (including phenoxy) is 2. The minimum absolute atomic E-state index is 0.187. The molecule has 1 aromatic heterocycles. The molecular weight excluding hydrogens is 344 g/mol. The van der Waals surface area contributed by atoms with Crippen molar-refractivity contribution in [1.29, 1.82) is 0 Å². The Morgan fingerprint density at radius 2 is 1.96 bits per heavy atom. The topological polar surface area (TPSA) is 71.6 Å². The summed E-state index contributed by atoms with van der Waals surface area (Å²) in [7, 11) is 1.58. The van der Waals surface area contributed by atoms with E-state index in [-0.39, 0.29) is 17.0 Å². The summed E-state index contributed by atoms with van der Waals surface area (Å²) >= 11 is 0. The molecule has 0 radical (unpaired) electrons. The molecule has 0 spiro atoms. The van der Waals surface area contributed by atoms with Crippen molar-refractivity contribution in [2.75, 3.05) is 26.8 Å². The molecule has 1 aliphatic rings. The van der Waals surface area contributed by atoms with Crippen LogP contribution in [0.15, 0.2) is 23.0 Å². The van der Waals surface area contributed by atoms with E-state index in [1.54, 1.807) is 18.1 Å². The molecule has 0 atom stereocenters. The van der Waals surface area contributed by atoms with Crippen LogP contribution in [0, 0.1) is 0 Å². The smallest absolute Gasteiger partial charge is 0.261 e. The third-order valence-corrected chi connectivity index (χ3v) is 5.02. The van der Waals surface area contributed by atoms with Gasteiger partial charge in [-0.25, -0.2) is 0 Å². The Kier molecular flexibility index (Phi) is 6.37. The number of aromatic amines is 1. The molecule has 146 valence electrons. The first-order chi connectivity index (χ1) is 13.2. The lowest BCUT2D eigenvalue weighted by atomic mass is 10.1. The molecule has 0 aliphatic carbocycles. The van der Waals surface area contributed by atoms with Crippen LogP contribution < -0.4 is 15.0 Å². The summed E-state index contributed by atoms with van der Waals surface area (Å²) in [6.07, 6.45) is 6.24. The van der Waals surface area contributed by atoms with Gasteiger partial charge in [0.15, 0.2) is 11.5 Å². The van der Waals surface area contributed by atoms with Crippen LogP contribution in [0.25, 0.3) is 10.9 Å². The van der Waals surface area contributed by atoms with Crippen LogP contribution in [0.1, 0.15) is 55.8 Å². The fraction of sp³-hybridized carbons (Fsp3) is 0.524. The highest BCUT2D eigenvalue weighted by atomic mass is 16.5. The molecule has 1 aliphatic heterocycles. The third kappa shape index (κ3) is 4.26. The number of aromatic nitrogens is 1. The summed E-state index contributed by atoms with van der Waals surface area (Å²) in [5, 5.41) is 0.765. The van der Waals surface area contributed by atoms with Crippen molar-refractivity contribution >= 4 is 16.8 Å². The monoisotopic (exact) mass is 372 g/mol. The number of methoxy groups -OCH3 is 1. The van der Waals surface area contributed by atoms with Crippen LogP contribution in [0.4, 0.5) is 0 Å². The molecule has 0 unspecified atom stereocenters. The van der Waals surface area contributed by atoms with E-state index >= 15 is 0 Å². The lowest BCUT2D eigenvalue weighted by Crippen LogP contribution is -2.38. The van der Waals surface area contributed by atoms with Crippen LogP contribution in [-0.2, 0) is 0 Å². The molecule has 3 rings (SSSR count). The number of likely N-dealkylation sites (tertiary alicyclic amines) is 1. The second-order valence-corrected chi connectivity index (χ2v) is 6.98. The first-order valence-corrected chi connectivity index (χ1v) is 9.81. The molecule has 1 N–H and O–H groups in total. The van der Waals surface area contributed by atoms with E-state index in [2.05, 4.69) is 11.9 Å². The van der Waals surface area contributed by atoms with Crippen molar-refractivity contribution in [3.8, 4) is 11.5 Å². The number of H-pyrrole nitrogens is 1. The van der Waals surface area contributed by atoms with E-state index < -0.39 is 0 Å². The van der Waals surface area contributed by atoms with Crippen molar-refractivity contribution < 1.29 is 14.3 Å². The van der Waals surface area contributed by atoms with E-state index in [0.29, 0.717) is 36.7 Å². The fourth-order valence-electron chi connectivity index (χ4n) is 3.49. The number of benzene rings is 1. The fourth-order valence-corrected chi connectivity index (χ4v) is 3.49. The van der Waals surface area contributed by atoms with Crippen molar-refractivity contribution in [1.82, 2.24) is 9.88 Å². The zero-order valence-electron chi connectivity index (χ0n) is 16.2. The Labute approximate surface area is 159 Å². The van der Waals surface area contributed by atoms with E-state index in [9.17, 15) is 9.59 Å². The molecule has 27 heavy (non-hydrogen) atoms. The zero-order chi connectivity index (χ0) is 19.2. The van der Waals surface area contributed by atoms with Crippen LogP contribution in [0.5, 0.6) is 11.5 Å². The van der Waals surface area contributed by atoms with E-state index in [1.165, 1.54) is 0 Å². The van der Waals surface area contributed by atoms with Crippen LogP contribution in [-0.4, -0.2) is 42.6 Å². The molecule has 0 bridgehead atoms. The first kappa shape index (κ1) is 19.3. The Hall–Kier alpha value is -2.50. The predicted octanol–water partition coefficient (Wildman–Crippen LogP) is 3.73. The van der Waals surface area contributed by atoms with Crippen molar-refractivity contribution in [3.63, 3.8) is 0 Å². The van der Waals surface area contributed by atoms with Gasteiger partial charge < -0.3 is 19.4 Å². The maximum absolute atomic E-state index is 12.8. The highest BCUT2D eigenvalue weighted by molar-refractivity contribution is 5.98. The minimum Gasteiger partial charge on any atom is -0.493 e. The van der Waals surface area contributed by atoms with E-state index in [4.69, 9.17) is 9.47 Å². The van der Waals surface area contributed by atoms with Gasteiger partial charge >= 0.3 is 0 Å². The van der Waals surface area contributed by atoms with Crippen LogP contribution in [0.3, 0.4) is 0 Å². The summed E-state index contributed by atoms with van der Waals surface area (Å²) in [5.41, 5.74) is 0.377. The number of nitrogens with zero attached hydrogens (tertiary/aromatic N) is 1. The Morgan fingerprint density at radius 1 is 1.19 bits per heavy atom. The van der Waals surface area contributed by atoms with Crippen molar-refractivity contribution in [2.45, 2.75) is 45.4 Å². The number of fused-ring (bicyclic) bond motifs is 1. The Morgan fingerprint density at radius 3 is 2.67 bits per heavy atom. The summed E-state index contributed by atoms with van der Waals surface area (Å²) in [5.74, 6) is 0.906. The van der Waals surface area contributed by atoms with E-state index in [1.807, 2.05) is 12.1 Å². The van der Waals surface area contributed by atoms with Gasteiger partial charge in [-0.05, 0) is 43.9 Å². The van der Waals surface area contributed by atoms with Gasteiger partial charge in [-0.3, -0.25) is 9.59 Å². The lowest BCUT2D eigenvalue weighted by Gasteiger charge is -2.26. The van der Waals surface area contributed by atoms with Crippen LogP contribution >= 0.6 is 0 Å². The SMILES string of the molecule is CCCCCOc1c(OC)ccc2cc(C(=O)N3CCCCC3)c(=O)[nH]c12. The van der Waals surface area contributed by atoms with Crippen LogP contribution in [0.2, 0.25) is 0 Å². The molecule has 2 aromatic rings. The number of carbonyl (C=O) groups is 1. The predicted molar refractivity (Wildman–Crippen MR) is 106 cm³/mol. The second kappa shape index (κ2) is 8.93. The summed E-state index contributed by atoms with van der Waals surface area (Å²) in [6.45, 7) is 4.12. The number of hydrogen-bond donors (Lipinski definition) is 1. The van der Waals surface area contributed by atoms with Gasteiger partial charge in [-0.2, -0.15) is 0 Å². The Bertz CT molecular complexity index is 853. The molecule has 1 amide bonds. The summed E-state index contributed by atoms with van der Waals surface area (Å²) in [4.78, 5) is 30.0. The second-order valence-electron chi connectivity index (χ2n) is 6.98. The number of nitrogens with one attached hydrogen (secondary N) is 1. The number of unbranched alkanes of at least 4 members (excludes halogenated alkanes) is 2. The highest BCUT2D eigenvalue weighted by Crippen LogP contribution is 2.34. The normalized spacial score (nSPS) is 14.4.